The predicted molar refractivity (Wildman–Crippen MR) is 47.8 cm³/mol. The second-order valence-corrected chi connectivity index (χ2v) is 2.22. The van der Waals surface area contributed by atoms with Crippen LogP contribution in [0.1, 0.15) is 5.76 Å². The highest BCUT2D eigenvalue weighted by Crippen LogP contribution is 2.01. The molecular weight excluding hydrogens is 208 g/mol. The summed E-state index contributed by atoms with van der Waals surface area (Å²) in [6.07, 6.45) is 0.897. The van der Waals surface area contributed by atoms with E-state index in [4.69, 9.17) is 20.4 Å². The number of hydrogen-bond donors (Lipinski definition) is 4. The summed E-state index contributed by atoms with van der Waals surface area (Å²) in [4.78, 5) is 10.6. The molecule has 1 aromatic heterocycles. The molecule has 0 spiro atoms. The topological polar surface area (TPSA) is 120 Å². The Hall–Kier alpha value is -1.41. The fourth-order valence-electron chi connectivity index (χ4n) is 0.567. The zero-order chi connectivity index (χ0) is 11.7. The van der Waals surface area contributed by atoms with Crippen molar-refractivity contribution in [1.82, 2.24) is 0 Å². The molecule has 86 valence electrons. The van der Waals surface area contributed by atoms with Crippen molar-refractivity contribution in [2.45, 2.75) is 6.61 Å². The third-order valence-corrected chi connectivity index (χ3v) is 1.20. The van der Waals surface area contributed by atoms with Gasteiger partial charge in [-0.1, -0.05) is 0 Å². The second-order valence-electron chi connectivity index (χ2n) is 2.22. The fourth-order valence-corrected chi connectivity index (χ4v) is 0.567. The van der Waals surface area contributed by atoms with Crippen molar-refractivity contribution >= 4 is 0 Å². The Morgan fingerprint density at radius 2 is 1.87 bits per heavy atom. The molecule has 15 heavy (non-hydrogen) atoms. The average molecular weight is 220 g/mol. The number of rotatable bonds is 3. The quantitative estimate of drug-likeness (QED) is 0.469. The first-order valence-corrected chi connectivity index (χ1v) is 3.86. The standard InChI is InChI=1S/C6H6O4.C2H6O3/c7-2-4-1-5(8)6(9)3-10-4;3-1-5-2-4/h1,3,7,9H,2H2;3-4H,1-2H2. The molecule has 7 nitrogen and oxygen atoms in total. The van der Waals surface area contributed by atoms with Gasteiger partial charge in [0.1, 0.15) is 32.2 Å². The molecule has 0 unspecified atom stereocenters. The van der Waals surface area contributed by atoms with Gasteiger partial charge in [-0.3, -0.25) is 4.79 Å². The van der Waals surface area contributed by atoms with Gasteiger partial charge in [0.25, 0.3) is 0 Å². The van der Waals surface area contributed by atoms with Crippen molar-refractivity contribution < 1.29 is 29.6 Å². The molecule has 0 fully saturated rings. The van der Waals surface area contributed by atoms with Gasteiger partial charge < -0.3 is 29.6 Å². The van der Waals surface area contributed by atoms with E-state index in [-0.39, 0.29) is 12.4 Å². The van der Waals surface area contributed by atoms with Crippen LogP contribution in [0.3, 0.4) is 0 Å². The third kappa shape index (κ3) is 5.81. The van der Waals surface area contributed by atoms with Gasteiger partial charge in [-0.15, -0.1) is 0 Å². The third-order valence-electron chi connectivity index (χ3n) is 1.20. The normalized spacial score (nSPS) is 9.27. The van der Waals surface area contributed by atoms with E-state index in [0.29, 0.717) is 0 Å². The number of hydrogen-bond acceptors (Lipinski definition) is 7. The summed E-state index contributed by atoms with van der Waals surface area (Å²) in [7, 11) is 0. The van der Waals surface area contributed by atoms with E-state index in [1.54, 1.807) is 0 Å². The molecule has 4 N–H and O–H groups in total. The van der Waals surface area contributed by atoms with Crippen LogP contribution in [0.15, 0.2) is 21.5 Å². The molecular formula is C8H12O7. The summed E-state index contributed by atoms with van der Waals surface area (Å²) >= 11 is 0. The molecule has 1 heterocycles. The van der Waals surface area contributed by atoms with Crippen LogP contribution >= 0.6 is 0 Å². The maximum absolute atomic E-state index is 10.6. The monoisotopic (exact) mass is 220 g/mol. The SMILES string of the molecule is O=c1cc(CO)occ1O.OCOCO. The molecule has 0 radical (unpaired) electrons. The van der Waals surface area contributed by atoms with Crippen LogP contribution < -0.4 is 5.43 Å². The van der Waals surface area contributed by atoms with Gasteiger partial charge in [-0.25, -0.2) is 0 Å². The molecule has 0 aliphatic rings. The molecule has 0 aromatic carbocycles. The first-order chi connectivity index (χ1) is 7.15. The summed E-state index contributed by atoms with van der Waals surface area (Å²) in [5, 5.41) is 32.5. The molecule has 0 bridgehead atoms. The van der Waals surface area contributed by atoms with E-state index in [0.717, 1.165) is 12.3 Å². The Balaban J connectivity index is 0.000000336. The van der Waals surface area contributed by atoms with Crippen molar-refractivity contribution in [3.8, 4) is 5.75 Å². The van der Waals surface area contributed by atoms with Crippen molar-refractivity contribution in [2.75, 3.05) is 13.6 Å². The van der Waals surface area contributed by atoms with Gasteiger partial charge in [0.15, 0.2) is 5.75 Å². The minimum Gasteiger partial charge on any atom is -0.502 e. The Bertz CT molecular complexity index is 317. The fraction of sp³-hybridized carbons (Fsp3) is 0.375. The van der Waals surface area contributed by atoms with Crippen LogP contribution in [0.2, 0.25) is 0 Å². The van der Waals surface area contributed by atoms with Crippen LogP contribution in [0.4, 0.5) is 0 Å². The van der Waals surface area contributed by atoms with Gasteiger partial charge in [0.05, 0.1) is 0 Å². The summed E-state index contributed by atoms with van der Waals surface area (Å²) in [6.45, 7) is -1.15. The van der Waals surface area contributed by atoms with Crippen molar-refractivity contribution in [3.05, 3.63) is 28.3 Å². The van der Waals surface area contributed by atoms with Crippen molar-refractivity contribution in [2.24, 2.45) is 0 Å². The van der Waals surface area contributed by atoms with E-state index in [2.05, 4.69) is 9.15 Å². The number of aromatic hydroxyl groups is 1. The Morgan fingerprint density at radius 3 is 2.20 bits per heavy atom. The van der Waals surface area contributed by atoms with Crippen molar-refractivity contribution in [1.29, 1.82) is 0 Å². The maximum atomic E-state index is 10.6. The lowest BCUT2D eigenvalue weighted by Gasteiger charge is -1.92. The van der Waals surface area contributed by atoms with E-state index < -0.39 is 24.8 Å². The van der Waals surface area contributed by atoms with Crippen LogP contribution in [0, 0.1) is 0 Å². The van der Waals surface area contributed by atoms with E-state index in [1.807, 2.05) is 0 Å². The molecule has 0 saturated carbocycles. The summed E-state index contributed by atoms with van der Waals surface area (Å²) in [5.74, 6) is -0.306. The Kier molecular flexibility index (Phi) is 7.20. The zero-order valence-corrected chi connectivity index (χ0v) is 7.79. The number of ether oxygens (including phenoxy) is 1. The molecule has 1 rings (SSSR count). The zero-order valence-electron chi connectivity index (χ0n) is 7.79. The number of aliphatic hydroxyl groups is 3. The highest BCUT2D eigenvalue weighted by Gasteiger charge is 1.98. The maximum Gasteiger partial charge on any atom is 0.226 e. The molecule has 0 amide bonds. The molecule has 0 aliphatic heterocycles. The summed E-state index contributed by atoms with van der Waals surface area (Å²) < 4.78 is 8.53. The summed E-state index contributed by atoms with van der Waals surface area (Å²) in [5.41, 5.74) is -0.546. The first kappa shape index (κ1) is 13.6. The average Bonchev–Trinajstić information content (AvgIpc) is 2.24. The van der Waals surface area contributed by atoms with Crippen LogP contribution in [-0.2, 0) is 11.3 Å². The minimum absolute atomic E-state index is 0.141. The lowest BCUT2D eigenvalue weighted by Crippen LogP contribution is -1.99. The van der Waals surface area contributed by atoms with Crippen LogP contribution in [-0.4, -0.2) is 34.0 Å². The molecule has 7 heteroatoms. The van der Waals surface area contributed by atoms with Gasteiger partial charge in [-0.2, -0.15) is 0 Å². The van der Waals surface area contributed by atoms with E-state index in [9.17, 15) is 4.79 Å². The van der Waals surface area contributed by atoms with Gasteiger partial charge >= 0.3 is 0 Å². The molecule has 0 aliphatic carbocycles. The Morgan fingerprint density at radius 1 is 1.27 bits per heavy atom. The Labute approximate surface area is 84.8 Å². The molecule has 0 atom stereocenters. The lowest BCUT2D eigenvalue weighted by atomic mass is 10.4. The predicted octanol–water partition coefficient (Wildman–Crippen LogP) is -1.26. The lowest BCUT2D eigenvalue weighted by molar-refractivity contribution is -0.0763. The van der Waals surface area contributed by atoms with Crippen LogP contribution in [0.5, 0.6) is 5.75 Å². The van der Waals surface area contributed by atoms with Crippen LogP contribution in [0.25, 0.3) is 0 Å². The van der Waals surface area contributed by atoms with E-state index >= 15 is 0 Å². The van der Waals surface area contributed by atoms with E-state index in [1.165, 1.54) is 0 Å². The van der Waals surface area contributed by atoms with Gasteiger partial charge in [0.2, 0.25) is 5.43 Å². The highest BCUT2D eigenvalue weighted by atomic mass is 16.6. The first-order valence-electron chi connectivity index (χ1n) is 3.86. The minimum atomic E-state index is -0.546. The van der Waals surface area contributed by atoms with Gasteiger partial charge in [0, 0.05) is 6.07 Å². The number of aliphatic hydroxyl groups excluding tert-OH is 3. The summed E-state index contributed by atoms with van der Waals surface area (Å²) in [6, 6.07) is 1.04. The second kappa shape index (κ2) is 7.94. The highest BCUT2D eigenvalue weighted by molar-refractivity contribution is 5.14. The smallest absolute Gasteiger partial charge is 0.226 e. The largest absolute Gasteiger partial charge is 0.502 e. The van der Waals surface area contributed by atoms with Crippen molar-refractivity contribution in [3.63, 3.8) is 0 Å². The molecule has 0 saturated heterocycles. The molecule has 1 aromatic rings. The van der Waals surface area contributed by atoms with Gasteiger partial charge in [-0.05, 0) is 0 Å².